The van der Waals surface area contributed by atoms with E-state index in [1.165, 1.54) is 0 Å². The van der Waals surface area contributed by atoms with E-state index in [0.717, 1.165) is 19.5 Å². The number of piperidine rings is 1. The molecule has 0 radical (unpaired) electrons. The highest BCUT2D eigenvalue weighted by Crippen LogP contribution is 2.38. The van der Waals surface area contributed by atoms with Crippen molar-refractivity contribution in [3.8, 4) is 0 Å². The third kappa shape index (κ3) is 3.48. The lowest BCUT2D eigenvalue weighted by atomic mass is 9.69. The summed E-state index contributed by atoms with van der Waals surface area (Å²) < 4.78 is 5.43. The van der Waals surface area contributed by atoms with Gasteiger partial charge in [-0.2, -0.15) is 0 Å². The summed E-state index contributed by atoms with van der Waals surface area (Å²) in [6.45, 7) is 9.26. The largest absolute Gasteiger partial charge is 0.444 e. The van der Waals surface area contributed by atoms with Crippen molar-refractivity contribution in [1.82, 2.24) is 4.90 Å². The average molecular weight is 267 g/mol. The van der Waals surface area contributed by atoms with Gasteiger partial charge in [0.1, 0.15) is 11.4 Å². The molecular weight excluding hydrogens is 242 g/mol. The number of ketones is 1. The third-order valence-corrected chi connectivity index (χ3v) is 4.23. The smallest absolute Gasteiger partial charge is 0.410 e. The van der Waals surface area contributed by atoms with Gasteiger partial charge in [0.2, 0.25) is 0 Å². The van der Waals surface area contributed by atoms with Gasteiger partial charge in [-0.1, -0.05) is 6.92 Å². The van der Waals surface area contributed by atoms with Gasteiger partial charge in [-0.15, -0.1) is 0 Å². The van der Waals surface area contributed by atoms with E-state index in [2.05, 4.69) is 6.92 Å². The first-order valence-electron chi connectivity index (χ1n) is 7.26. The lowest BCUT2D eigenvalue weighted by molar-refractivity contribution is -0.125. The predicted octanol–water partition coefficient (Wildman–Crippen LogP) is 2.86. The summed E-state index contributed by atoms with van der Waals surface area (Å²) in [5.41, 5.74) is -0.442. The van der Waals surface area contributed by atoms with E-state index < -0.39 is 5.60 Å². The summed E-state index contributed by atoms with van der Waals surface area (Å²) in [5.74, 6) is 1.70. The Kier molecular flexibility index (Phi) is 3.88. The van der Waals surface area contributed by atoms with E-state index in [1.54, 1.807) is 0 Å². The fraction of sp³-hybridized carbons (Fsp3) is 0.867. The first kappa shape index (κ1) is 14.4. The van der Waals surface area contributed by atoms with Crippen LogP contribution in [0.3, 0.4) is 0 Å². The summed E-state index contributed by atoms with van der Waals surface area (Å²) in [7, 11) is 0. The molecule has 2 fully saturated rings. The fourth-order valence-corrected chi connectivity index (χ4v) is 3.31. The molecule has 2 rings (SSSR count). The van der Waals surface area contributed by atoms with Crippen LogP contribution in [0.4, 0.5) is 4.79 Å². The molecule has 4 heteroatoms. The Hall–Kier alpha value is -1.06. The van der Waals surface area contributed by atoms with Crippen molar-refractivity contribution in [3.63, 3.8) is 0 Å². The lowest BCUT2D eigenvalue weighted by Crippen LogP contribution is -2.49. The van der Waals surface area contributed by atoms with Crippen LogP contribution in [0, 0.1) is 17.8 Å². The highest BCUT2D eigenvalue weighted by atomic mass is 16.6. The van der Waals surface area contributed by atoms with Crippen molar-refractivity contribution in [2.75, 3.05) is 13.1 Å². The standard InChI is InChI=1S/C15H25NO3/c1-10-7-12(17)8-11-5-6-16(9-13(10)11)14(18)19-15(2,3)4/h10-11,13H,5-9H2,1-4H3. The van der Waals surface area contributed by atoms with Crippen molar-refractivity contribution in [2.24, 2.45) is 17.8 Å². The number of amides is 1. The Morgan fingerprint density at radius 1 is 1.32 bits per heavy atom. The molecule has 108 valence electrons. The highest BCUT2D eigenvalue weighted by Gasteiger charge is 2.40. The van der Waals surface area contributed by atoms with E-state index >= 15 is 0 Å². The van der Waals surface area contributed by atoms with Crippen molar-refractivity contribution in [3.05, 3.63) is 0 Å². The summed E-state index contributed by atoms with van der Waals surface area (Å²) in [4.78, 5) is 25.5. The second kappa shape index (κ2) is 5.14. The van der Waals surface area contributed by atoms with Gasteiger partial charge in [0.05, 0.1) is 0 Å². The fourth-order valence-electron chi connectivity index (χ4n) is 3.31. The minimum atomic E-state index is -0.442. The number of carbonyl (C=O) groups is 2. The van der Waals surface area contributed by atoms with Gasteiger partial charge in [0.15, 0.2) is 0 Å². The van der Waals surface area contributed by atoms with Crippen molar-refractivity contribution in [1.29, 1.82) is 0 Å². The monoisotopic (exact) mass is 267 g/mol. The molecule has 3 atom stereocenters. The van der Waals surface area contributed by atoms with E-state index in [4.69, 9.17) is 4.74 Å². The molecule has 1 aliphatic carbocycles. The average Bonchev–Trinajstić information content (AvgIpc) is 2.25. The second-order valence-corrected chi connectivity index (χ2v) is 7.06. The van der Waals surface area contributed by atoms with Crippen molar-refractivity contribution in [2.45, 2.75) is 52.6 Å². The molecule has 1 aliphatic heterocycles. The van der Waals surface area contributed by atoms with Crippen LogP contribution in [0.2, 0.25) is 0 Å². The second-order valence-electron chi connectivity index (χ2n) is 7.06. The summed E-state index contributed by atoms with van der Waals surface area (Å²) >= 11 is 0. The van der Waals surface area contributed by atoms with Gasteiger partial charge in [0.25, 0.3) is 0 Å². The van der Waals surface area contributed by atoms with Crippen LogP contribution in [-0.2, 0) is 9.53 Å². The summed E-state index contributed by atoms with van der Waals surface area (Å²) in [6, 6.07) is 0. The first-order valence-corrected chi connectivity index (χ1v) is 7.26. The molecule has 1 heterocycles. The van der Waals surface area contributed by atoms with Crippen LogP contribution in [0.15, 0.2) is 0 Å². The zero-order valence-corrected chi connectivity index (χ0v) is 12.4. The lowest BCUT2D eigenvalue weighted by Gasteiger charge is -2.43. The van der Waals surface area contributed by atoms with Crippen LogP contribution in [0.5, 0.6) is 0 Å². The van der Waals surface area contributed by atoms with Gasteiger partial charge in [-0.3, -0.25) is 4.79 Å². The number of hydrogen-bond donors (Lipinski definition) is 0. The van der Waals surface area contributed by atoms with Crippen molar-refractivity contribution >= 4 is 11.9 Å². The molecule has 3 unspecified atom stereocenters. The van der Waals surface area contributed by atoms with Crippen LogP contribution in [0.25, 0.3) is 0 Å². The molecule has 1 saturated heterocycles. The maximum atomic E-state index is 12.1. The molecule has 19 heavy (non-hydrogen) atoms. The topological polar surface area (TPSA) is 46.6 Å². The number of Topliss-reactive ketones (excluding diaryl/α,β-unsaturated/α-hetero) is 1. The third-order valence-electron chi connectivity index (χ3n) is 4.23. The van der Waals surface area contributed by atoms with Gasteiger partial charge in [-0.25, -0.2) is 4.79 Å². The Balaban J connectivity index is 1.98. The SMILES string of the molecule is CC1CC(=O)CC2CCN(C(=O)OC(C)(C)C)CC12. The number of carbonyl (C=O) groups excluding carboxylic acids is 2. The van der Waals surface area contributed by atoms with E-state index in [9.17, 15) is 9.59 Å². The van der Waals surface area contributed by atoms with Crippen molar-refractivity contribution < 1.29 is 14.3 Å². The van der Waals surface area contributed by atoms with Gasteiger partial charge >= 0.3 is 6.09 Å². The Bertz CT molecular complexity index is 372. The van der Waals surface area contributed by atoms with Crippen LogP contribution in [0.1, 0.15) is 47.0 Å². The quantitative estimate of drug-likeness (QED) is 0.678. The summed E-state index contributed by atoms with van der Waals surface area (Å²) in [5, 5.41) is 0. The van der Waals surface area contributed by atoms with Crippen LogP contribution < -0.4 is 0 Å². The number of likely N-dealkylation sites (tertiary alicyclic amines) is 1. The normalized spacial score (nSPS) is 31.9. The van der Waals surface area contributed by atoms with E-state index in [-0.39, 0.29) is 6.09 Å². The van der Waals surface area contributed by atoms with Gasteiger partial charge < -0.3 is 9.64 Å². The minimum absolute atomic E-state index is 0.213. The molecule has 1 amide bonds. The number of fused-ring (bicyclic) bond motifs is 1. The van der Waals surface area contributed by atoms with Gasteiger partial charge in [-0.05, 0) is 44.9 Å². The Morgan fingerprint density at radius 3 is 2.63 bits per heavy atom. The first-order chi connectivity index (χ1) is 8.76. The molecular formula is C15H25NO3. The minimum Gasteiger partial charge on any atom is -0.444 e. The predicted molar refractivity (Wildman–Crippen MR) is 72.8 cm³/mol. The zero-order valence-electron chi connectivity index (χ0n) is 12.4. The van der Waals surface area contributed by atoms with E-state index in [1.807, 2.05) is 25.7 Å². The maximum absolute atomic E-state index is 12.1. The molecule has 0 bridgehead atoms. The number of rotatable bonds is 0. The molecule has 0 aromatic heterocycles. The number of hydrogen-bond acceptors (Lipinski definition) is 3. The summed E-state index contributed by atoms with van der Waals surface area (Å²) in [6.07, 6.45) is 2.09. The molecule has 1 saturated carbocycles. The highest BCUT2D eigenvalue weighted by molar-refractivity contribution is 5.80. The number of nitrogens with zero attached hydrogens (tertiary/aromatic N) is 1. The molecule has 0 aromatic carbocycles. The maximum Gasteiger partial charge on any atom is 0.410 e. The molecule has 2 aliphatic rings. The molecule has 4 nitrogen and oxygen atoms in total. The van der Waals surface area contributed by atoms with Crippen LogP contribution in [-0.4, -0.2) is 35.5 Å². The molecule has 0 aromatic rings. The molecule has 0 spiro atoms. The number of ether oxygens (including phenoxy) is 1. The van der Waals surface area contributed by atoms with E-state index in [0.29, 0.717) is 36.4 Å². The van der Waals surface area contributed by atoms with Gasteiger partial charge in [0, 0.05) is 25.9 Å². The van der Waals surface area contributed by atoms with Crippen LogP contribution >= 0.6 is 0 Å². The zero-order chi connectivity index (χ0) is 14.2. The Morgan fingerprint density at radius 2 is 2.00 bits per heavy atom. The Labute approximate surface area is 115 Å². The molecule has 0 N–H and O–H groups in total.